The minimum Gasteiger partial charge on any atom is -0.497 e. The number of carboxylic acids is 1. The molecule has 2 aromatic rings. The molecule has 0 amide bonds. The van der Waals surface area contributed by atoms with Gasteiger partial charge in [0.2, 0.25) is 0 Å². The predicted octanol–water partition coefficient (Wildman–Crippen LogP) is 1.20. The van der Waals surface area contributed by atoms with Gasteiger partial charge in [-0.3, -0.25) is 0 Å². The van der Waals surface area contributed by atoms with Crippen LogP contribution in [0.2, 0.25) is 0 Å². The van der Waals surface area contributed by atoms with Crippen LogP contribution in [0.3, 0.4) is 0 Å². The maximum absolute atomic E-state index is 10.6. The van der Waals surface area contributed by atoms with Gasteiger partial charge in [-0.2, -0.15) is 0 Å². The number of ether oxygens (including phenoxy) is 2. The number of carbonyl (C=O) groups is 1. The second kappa shape index (κ2) is 6.67. The van der Waals surface area contributed by atoms with Crippen LogP contribution in [0.1, 0.15) is 16.1 Å². The minimum atomic E-state index is -1.09. The average Bonchev–Trinajstić information content (AvgIpc) is 2.93. The first-order valence-electron chi connectivity index (χ1n) is 6.03. The van der Waals surface area contributed by atoms with Crippen LogP contribution in [0, 0.1) is 0 Å². The van der Waals surface area contributed by atoms with E-state index in [1.165, 1.54) is 10.9 Å². The third-order valence-electron chi connectivity index (χ3n) is 2.63. The van der Waals surface area contributed by atoms with Gasteiger partial charge < -0.3 is 14.6 Å². The van der Waals surface area contributed by atoms with E-state index in [-0.39, 0.29) is 5.69 Å². The standard InChI is InChI=1S/C13H15N3O4/c1-19-11-4-2-3-10(7-11)9-20-6-5-16-8-12(13(17)18)14-15-16/h2-4,7-8H,5-6,9H2,1H3,(H,17,18). The fourth-order valence-electron chi connectivity index (χ4n) is 1.62. The summed E-state index contributed by atoms with van der Waals surface area (Å²) in [6, 6.07) is 7.61. The van der Waals surface area contributed by atoms with E-state index < -0.39 is 5.97 Å². The van der Waals surface area contributed by atoms with Crippen molar-refractivity contribution in [1.29, 1.82) is 0 Å². The first-order valence-corrected chi connectivity index (χ1v) is 6.03. The molecule has 106 valence electrons. The van der Waals surface area contributed by atoms with Crippen molar-refractivity contribution in [1.82, 2.24) is 15.0 Å². The number of rotatable bonds is 7. The highest BCUT2D eigenvalue weighted by atomic mass is 16.5. The largest absolute Gasteiger partial charge is 0.497 e. The Morgan fingerprint density at radius 3 is 3.00 bits per heavy atom. The summed E-state index contributed by atoms with van der Waals surface area (Å²) in [5.74, 6) is -0.304. The fourth-order valence-corrected chi connectivity index (χ4v) is 1.62. The Balaban J connectivity index is 1.76. The summed E-state index contributed by atoms with van der Waals surface area (Å²) in [7, 11) is 1.62. The van der Waals surface area contributed by atoms with Crippen molar-refractivity contribution in [2.24, 2.45) is 0 Å². The van der Waals surface area contributed by atoms with Gasteiger partial charge in [0, 0.05) is 0 Å². The van der Waals surface area contributed by atoms with Gasteiger partial charge in [-0.05, 0) is 17.7 Å². The Morgan fingerprint density at radius 2 is 2.30 bits per heavy atom. The first-order chi connectivity index (χ1) is 9.69. The zero-order chi connectivity index (χ0) is 14.4. The second-order valence-corrected chi connectivity index (χ2v) is 4.08. The van der Waals surface area contributed by atoms with Crippen LogP contribution < -0.4 is 4.74 Å². The van der Waals surface area contributed by atoms with Crippen molar-refractivity contribution in [3.05, 3.63) is 41.7 Å². The van der Waals surface area contributed by atoms with E-state index in [1.807, 2.05) is 24.3 Å². The molecule has 20 heavy (non-hydrogen) atoms. The predicted molar refractivity (Wildman–Crippen MR) is 69.6 cm³/mol. The van der Waals surface area contributed by atoms with Gasteiger partial charge in [-0.15, -0.1) is 5.10 Å². The molecular formula is C13H15N3O4. The van der Waals surface area contributed by atoms with Crippen LogP contribution in [-0.4, -0.2) is 39.8 Å². The van der Waals surface area contributed by atoms with Crippen molar-refractivity contribution in [2.75, 3.05) is 13.7 Å². The molecule has 1 heterocycles. The molecule has 1 aromatic carbocycles. The fraction of sp³-hybridized carbons (Fsp3) is 0.308. The van der Waals surface area contributed by atoms with E-state index in [4.69, 9.17) is 14.6 Å². The van der Waals surface area contributed by atoms with Gasteiger partial charge in [0.25, 0.3) is 0 Å². The third-order valence-corrected chi connectivity index (χ3v) is 2.63. The molecule has 1 N–H and O–H groups in total. The molecule has 0 aliphatic rings. The van der Waals surface area contributed by atoms with Crippen LogP contribution in [-0.2, 0) is 17.9 Å². The molecular weight excluding hydrogens is 262 g/mol. The number of aromatic nitrogens is 3. The molecule has 0 radical (unpaired) electrons. The van der Waals surface area contributed by atoms with Crippen LogP contribution in [0.4, 0.5) is 0 Å². The van der Waals surface area contributed by atoms with Crippen molar-refractivity contribution in [3.63, 3.8) is 0 Å². The number of carboxylic acid groups (broad SMARTS) is 1. The maximum atomic E-state index is 10.6. The van der Waals surface area contributed by atoms with Gasteiger partial charge in [-0.1, -0.05) is 17.3 Å². The molecule has 7 heteroatoms. The Kier molecular flexibility index (Phi) is 4.67. The highest BCUT2D eigenvalue weighted by Gasteiger charge is 2.07. The Hall–Kier alpha value is -2.41. The van der Waals surface area contributed by atoms with Crippen LogP contribution >= 0.6 is 0 Å². The molecule has 0 unspecified atom stereocenters. The number of nitrogens with zero attached hydrogens (tertiary/aromatic N) is 3. The molecule has 0 aliphatic heterocycles. The van der Waals surface area contributed by atoms with Crippen LogP contribution in [0.15, 0.2) is 30.5 Å². The van der Waals surface area contributed by atoms with Gasteiger partial charge >= 0.3 is 5.97 Å². The zero-order valence-electron chi connectivity index (χ0n) is 11.0. The SMILES string of the molecule is COc1cccc(COCCn2cc(C(=O)O)nn2)c1. The molecule has 1 aromatic heterocycles. The lowest BCUT2D eigenvalue weighted by Gasteiger charge is -2.06. The van der Waals surface area contributed by atoms with E-state index in [1.54, 1.807) is 7.11 Å². The summed E-state index contributed by atoms with van der Waals surface area (Å²) >= 11 is 0. The smallest absolute Gasteiger partial charge is 0.358 e. The van der Waals surface area contributed by atoms with Crippen molar-refractivity contribution in [3.8, 4) is 5.75 Å². The van der Waals surface area contributed by atoms with E-state index in [0.717, 1.165) is 11.3 Å². The lowest BCUT2D eigenvalue weighted by atomic mass is 10.2. The average molecular weight is 277 g/mol. The van der Waals surface area contributed by atoms with Crippen molar-refractivity contribution >= 4 is 5.97 Å². The van der Waals surface area contributed by atoms with Crippen molar-refractivity contribution in [2.45, 2.75) is 13.2 Å². The van der Waals surface area contributed by atoms with Gasteiger partial charge in [0.1, 0.15) is 5.75 Å². The molecule has 2 rings (SSSR count). The number of methoxy groups -OCH3 is 1. The molecule has 0 spiro atoms. The van der Waals surface area contributed by atoms with Gasteiger partial charge in [0.05, 0.1) is 33.1 Å². The number of aromatic carboxylic acids is 1. The number of hydrogen-bond donors (Lipinski definition) is 1. The Labute approximate surface area is 115 Å². The minimum absolute atomic E-state index is 0.0715. The Morgan fingerprint density at radius 1 is 1.45 bits per heavy atom. The first kappa shape index (κ1) is 14.0. The second-order valence-electron chi connectivity index (χ2n) is 4.08. The summed E-state index contributed by atoms with van der Waals surface area (Å²) in [5.41, 5.74) is 0.937. The van der Waals surface area contributed by atoms with E-state index in [2.05, 4.69) is 10.3 Å². The zero-order valence-corrected chi connectivity index (χ0v) is 11.0. The lowest BCUT2D eigenvalue weighted by Crippen LogP contribution is -2.06. The van der Waals surface area contributed by atoms with E-state index >= 15 is 0 Å². The summed E-state index contributed by atoms with van der Waals surface area (Å²) in [6.07, 6.45) is 1.37. The molecule has 0 saturated carbocycles. The highest BCUT2D eigenvalue weighted by Crippen LogP contribution is 2.13. The van der Waals surface area contributed by atoms with Gasteiger partial charge in [-0.25, -0.2) is 9.48 Å². The number of benzene rings is 1. The third kappa shape index (κ3) is 3.79. The van der Waals surface area contributed by atoms with E-state index in [0.29, 0.717) is 19.8 Å². The molecule has 0 saturated heterocycles. The quantitative estimate of drug-likeness (QED) is 0.765. The molecule has 0 aliphatic carbocycles. The maximum Gasteiger partial charge on any atom is 0.358 e. The normalized spacial score (nSPS) is 10.4. The van der Waals surface area contributed by atoms with Crippen LogP contribution in [0.25, 0.3) is 0 Å². The highest BCUT2D eigenvalue weighted by molar-refractivity contribution is 5.84. The molecule has 0 fully saturated rings. The molecule has 7 nitrogen and oxygen atoms in total. The monoisotopic (exact) mass is 277 g/mol. The lowest BCUT2D eigenvalue weighted by molar-refractivity contribution is 0.0690. The van der Waals surface area contributed by atoms with Gasteiger partial charge in [0.15, 0.2) is 5.69 Å². The molecule has 0 bridgehead atoms. The molecule has 0 atom stereocenters. The Bertz CT molecular complexity index is 583. The van der Waals surface area contributed by atoms with E-state index in [9.17, 15) is 4.79 Å². The topological polar surface area (TPSA) is 86.5 Å². The summed E-state index contributed by atoms with van der Waals surface area (Å²) in [5, 5.41) is 15.9. The summed E-state index contributed by atoms with van der Waals surface area (Å²) < 4.78 is 12.1. The van der Waals surface area contributed by atoms with Crippen LogP contribution in [0.5, 0.6) is 5.75 Å². The van der Waals surface area contributed by atoms with Crippen molar-refractivity contribution < 1.29 is 19.4 Å². The summed E-state index contributed by atoms with van der Waals surface area (Å²) in [6.45, 7) is 1.32. The summed E-state index contributed by atoms with van der Waals surface area (Å²) in [4.78, 5) is 10.6. The number of hydrogen-bond acceptors (Lipinski definition) is 5.